The van der Waals surface area contributed by atoms with Gasteiger partial charge in [0, 0.05) is 6.54 Å². The van der Waals surface area contributed by atoms with Crippen molar-refractivity contribution in [2.75, 3.05) is 12.3 Å². The Morgan fingerprint density at radius 3 is 2.47 bits per heavy atom. The molecule has 1 saturated heterocycles. The first-order valence-corrected chi connectivity index (χ1v) is 8.17. The van der Waals surface area contributed by atoms with E-state index in [0.717, 1.165) is 0 Å². The standard InChI is InChI=1S/C12H21NO5S/c1-3-12(2,11(15)16)8-13-10(14)9-6-4-5-7-19(9,17)18/h9H,3-8H2,1-2H3,(H,13,14)(H,15,16). The molecule has 2 unspecified atom stereocenters. The summed E-state index contributed by atoms with van der Waals surface area (Å²) in [5.41, 5.74) is -1.06. The van der Waals surface area contributed by atoms with E-state index in [4.69, 9.17) is 5.11 Å². The van der Waals surface area contributed by atoms with Gasteiger partial charge in [-0.3, -0.25) is 9.59 Å². The van der Waals surface area contributed by atoms with Crippen molar-refractivity contribution in [3.05, 3.63) is 0 Å². The van der Waals surface area contributed by atoms with Gasteiger partial charge >= 0.3 is 5.97 Å². The number of hydrogen-bond donors (Lipinski definition) is 2. The van der Waals surface area contributed by atoms with Gasteiger partial charge in [-0.15, -0.1) is 0 Å². The molecule has 2 atom stereocenters. The highest BCUT2D eigenvalue weighted by Crippen LogP contribution is 2.22. The van der Waals surface area contributed by atoms with Gasteiger partial charge in [0.05, 0.1) is 11.2 Å². The molecule has 1 heterocycles. The van der Waals surface area contributed by atoms with Crippen molar-refractivity contribution in [2.24, 2.45) is 5.41 Å². The first-order valence-electron chi connectivity index (χ1n) is 6.45. The molecule has 110 valence electrons. The smallest absolute Gasteiger partial charge is 0.311 e. The zero-order valence-electron chi connectivity index (χ0n) is 11.3. The van der Waals surface area contributed by atoms with E-state index in [9.17, 15) is 18.0 Å². The van der Waals surface area contributed by atoms with Gasteiger partial charge in [-0.05, 0) is 26.2 Å². The van der Waals surface area contributed by atoms with Crippen LogP contribution in [0, 0.1) is 5.41 Å². The molecule has 0 aromatic rings. The van der Waals surface area contributed by atoms with E-state index in [1.807, 2.05) is 0 Å². The summed E-state index contributed by atoms with van der Waals surface area (Å²) in [5, 5.41) is 10.6. The number of carboxylic acids is 1. The number of amides is 1. The van der Waals surface area contributed by atoms with Crippen molar-refractivity contribution in [1.29, 1.82) is 0 Å². The van der Waals surface area contributed by atoms with Crippen LogP contribution in [0.4, 0.5) is 0 Å². The topological polar surface area (TPSA) is 101 Å². The van der Waals surface area contributed by atoms with E-state index in [2.05, 4.69) is 5.32 Å². The molecule has 6 nitrogen and oxygen atoms in total. The van der Waals surface area contributed by atoms with Crippen LogP contribution >= 0.6 is 0 Å². The summed E-state index contributed by atoms with van der Waals surface area (Å²) in [6.45, 7) is 3.20. The Bertz CT molecular complexity index is 459. The molecule has 0 aromatic carbocycles. The number of hydrogen-bond acceptors (Lipinski definition) is 4. The minimum absolute atomic E-state index is 0.0368. The van der Waals surface area contributed by atoms with Crippen LogP contribution in [0.15, 0.2) is 0 Å². The number of aliphatic carboxylic acids is 1. The SMILES string of the molecule is CCC(C)(CNC(=O)C1CCCCS1(=O)=O)C(=O)O. The Kier molecular flexibility index (Phi) is 4.95. The van der Waals surface area contributed by atoms with Gasteiger partial charge in [0.15, 0.2) is 9.84 Å². The average Bonchev–Trinajstić information content (AvgIpc) is 2.34. The molecule has 0 aliphatic carbocycles. The number of carbonyl (C=O) groups excluding carboxylic acids is 1. The third-order valence-corrected chi connectivity index (χ3v) is 5.99. The van der Waals surface area contributed by atoms with Crippen LogP contribution in [0.25, 0.3) is 0 Å². The van der Waals surface area contributed by atoms with Gasteiger partial charge in [0.2, 0.25) is 5.91 Å². The van der Waals surface area contributed by atoms with Crippen LogP contribution in [0.1, 0.15) is 39.5 Å². The Morgan fingerprint density at radius 1 is 1.37 bits per heavy atom. The van der Waals surface area contributed by atoms with E-state index in [-0.39, 0.29) is 12.3 Å². The minimum atomic E-state index is -3.38. The number of rotatable bonds is 5. The molecule has 1 amide bonds. The molecule has 1 rings (SSSR count). The summed E-state index contributed by atoms with van der Waals surface area (Å²) in [7, 11) is -3.38. The Morgan fingerprint density at radius 2 is 2.00 bits per heavy atom. The van der Waals surface area contributed by atoms with Crippen molar-refractivity contribution in [1.82, 2.24) is 5.32 Å². The van der Waals surface area contributed by atoms with Crippen LogP contribution in [-0.2, 0) is 19.4 Å². The Hall–Kier alpha value is -1.11. The fourth-order valence-corrected chi connectivity index (χ4v) is 3.82. The fourth-order valence-electron chi connectivity index (χ4n) is 2.00. The third kappa shape index (κ3) is 3.68. The van der Waals surface area contributed by atoms with E-state index >= 15 is 0 Å². The molecule has 1 aliphatic rings. The summed E-state index contributed by atoms with van der Waals surface area (Å²) < 4.78 is 23.5. The number of nitrogens with one attached hydrogen (secondary N) is 1. The normalized spacial score (nSPS) is 25.3. The maximum absolute atomic E-state index is 11.9. The molecule has 7 heteroatoms. The summed E-state index contributed by atoms with van der Waals surface area (Å²) >= 11 is 0. The zero-order valence-corrected chi connectivity index (χ0v) is 12.1. The van der Waals surface area contributed by atoms with Gasteiger partial charge in [0.25, 0.3) is 0 Å². The predicted octanol–water partition coefficient (Wildman–Crippen LogP) is 0.571. The molecule has 0 saturated carbocycles. The number of carboxylic acid groups (broad SMARTS) is 1. The van der Waals surface area contributed by atoms with Crippen LogP contribution in [-0.4, -0.2) is 42.9 Å². The first kappa shape index (κ1) is 15.9. The largest absolute Gasteiger partial charge is 0.481 e. The average molecular weight is 291 g/mol. The second-order valence-electron chi connectivity index (χ2n) is 5.29. The van der Waals surface area contributed by atoms with Crippen molar-refractivity contribution in [3.8, 4) is 0 Å². The second-order valence-corrected chi connectivity index (χ2v) is 7.59. The maximum atomic E-state index is 11.9. The van der Waals surface area contributed by atoms with Crippen LogP contribution in [0.5, 0.6) is 0 Å². The third-order valence-electron chi connectivity index (χ3n) is 3.82. The molecule has 0 spiro atoms. The number of sulfone groups is 1. The summed E-state index contributed by atoms with van der Waals surface area (Å²) in [5.74, 6) is -1.53. The van der Waals surface area contributed by atoms with Crippen LogP contribution in [0.2, 0.25) is 0 Å². The molecule has 19 heavy (non-hydrogen) atoms. The molecule has 1 fully saturated rings. The molecule has 0 radical (unpaired) electrons. The van der Waals surface area contributed by atoms with E-state index in [0.29, 0.717) is 25.7 Å². The molecule has 0 aromatic heterocycles. The van der Waals surface area contributed by atoms with Gasteiger partial charge in [-0.2, -0.15) is 0 Å². The number of carbonyl (C=O) groups is 2. The quantitative estimate of drug-likeness (QED) is 0.771. The van der Waals surface area contributed by atoms with Crippen LogP contribution in [0.3, 0.4) is 0 Å². The molecule has 2 N–H and O–H groups in total. The highest BCUT2D eigenvalue weighted by atomic mass is 32.2. The van der Waals surface area contributed by atoms with Gasteiger partial charge < -0.3 is 10.4 Å². The lowest BCUT2D eigenvalue weighted by atomic mass is 9.87. The minimum Gasteiger partial charge on any atom is -0.481 e. The van der Waals surface area contributed by atoms with Crippen molar-refractivity contribution in [3.63, 3.8) is 0 Å². The zero-order chi connectivity index (χ0) is 14.7. The maximum Gasteiger partial charge on any atom is 0.311 e. The molecule has 0 bridgehead atoms. The summed E-state index contributed by atoms with van der Waals surface area (Å²) in [6.07, 6.45) is 1.99. The highest BCUT2D eigenvalue weighted by Gasteiger charge is 2.37. The monoisotopic (exact) mass is 291 g/mol. The van der Waals surface area contributed by atoms with E-state index in [1.165, 1.54) is 6.92 Å². The highest BCUT2D eigenvalue weighted by molar-refractivity contribution is 7.92. The lowest BCUT2D eigenvalue weighted by Crippen LogP contribution is -2.47. The van der Waals surface area contributed by atoms with E-state index in [1.54, 1.807) is 6.92 Å². The fraction of sp³-hybridized carbons (Fsp3) is 0.833. The molecule has 1 aliphatic heterocycles. The molecular formula is C12H21NO5S. The summed E-state index contributed by atoms with van der Waals surface area (Å²) in [6, 6.07) is 0. The van der Waals surface area contributed by atoms with Crippen molar-refractivity contribution >= 4 is 21.7 Å². The summed E-state index contributed by atoms with van der Waals surface area (Å²) in [4.78, 5) is 23.0. The van der Waals surface area contributed by atoms with Crippen LogP contribution < -0.4 is 5.32 Å². The van der Waals surface area contributed by atoms with Gasteiger partial charge in [-0.25, -0.2) is 8.42 Å². The lowest BCUT2D eigenvalue weighted by Gasteiger charge is -2.26. The Labute approximate surface area is 113 Å². The first-order chi connectivity index (χ1) is 8.73. The van der Waals surface area contributed by atoms with Gasteiger partial charge in [0.1, 0.15) is 5.25 Å². The second kappa shape index (κ2) is 5.90. The lowest BCUT2D eigenvalue weighted by molar-refractivity contribution is -0.148. The Balaban J connectivity index is 2.68. The van der Waals surface area contributed by atoms with Crippen molar-refractivity contribution < 1.29 is 23.1 Å². The molecular weight excluding hydrogens is 270 g/mol. The predicted molar refractivity (Wildman–Crippen MR) is 70.5 cm³/mol. The van der Waals surface area contributed by atoms with E-state index < -0.39 is 32.4 Å². The van der Waals surface area contributed by atoms with Gasteiger partial charge in [-0.1, -0.05) is 13.3 Å². The van der Waals surface area contributed by atoms with Crippen molar-refractivity contribution in [2.45, 2.75) is 44.8 Å².